The highest BCUT2D eigenvalue weighted by molar-refractivity contribution is 7.99. The van der Waals surface area contributed by atoms with Crippen molar-refractivity contribution >= 4 is 11.8 Å². The summed E-state index contributed by atoms with van der Waals surface area (Å²) in [6.07, 6.45) is 1.95. The quantitative estimate of drug-likeness (QED) is 0.886. The van der Waals surface area contributed by atoms with E-state index in [-0.39, 0.29) is 0 Å². The van der Waals surface area contributed by atoms with E-state index < -0.39 is 0 Å². The molecule has 2 nitrogen and oxygen atoms in total. The van der Waals surface area contributed by atoms with Crippen LogP contribution < -0.4 is 5.32 Å². The van der Waals surface area contributed by atoms with Crippen LogP contribution in [0.25, 0.3) is 0 Å². The van der Waals surface area contributed by atoms with E-state index in [1.54, 1.807) is 11.8 Å². The van der Waals surface area contributed by atoms with Gasteiger partial charge in [0.15, 0.2) is 0 Å². The normalized spacial score (nSPS) is 10.6. The number of aryl methyl sites for hydroxylation is 1. The molecule has 2 aromatic rings. The Morgan fingerprint density at radius 2 is 2.11 bits per heavy atom. The van der Waals surface area contributed by atoms with Crippen LogP contribution in [0.15, 0.2) is 52.5 Å². The first-order valence-corrected chi connectivity index (χ1v) is 7.00. The van der Waals surface area contributed by atoms with Gasteiger partial charge in [-0.05, 0) is 37.2 Å². The van der Waals surface area contributed by atoms with Crippen LogP contribution in [0.3, 0.4) is 0 Å². The molecule has 0 aliphatic heterocycles. The minimum Gasteiger partial charge on any atom is -0.313 e. The smallest absolute Gasteiger partial charge is 0.101 e. The predicted molar refractivity (Wildman–Crippen MR) is 76.9 cm³/mol. The number of aromatic nitrogens is 1. The average molecular weight is 258 g/mol. The molecule has 0 amide bonds. The first-order valence-electron chi connectivity index (χ1n) is 6.18. The van der Waals surface area contributed by atoms with Crippen molar-refractivity contribution < 1.29 is 0 Å². The predicted octanol–water partition coefficient (Wildman–Crippen LogP) is 3.65. The zero-order valence-electron chi connectivity index (χ0n) is 10.8. The van der Waals surface area contributed by atoms with Gasteiger partial charge < -0.3 is 5.32 Å². The van der Waals surface area contributed by atoms with Crippen LogP contribution in [0.5, 0.6) is 0 Å². The number of pyridine rings is 1. The molecule has 0 spiro atoms. The van der Waals surface area contributed by atoms with Crippen LogP contribution in [0.1, 0.15) is 18.1 Å². The van der Waals surface area contributed by atoms with Gasteiger partial charge in [0.1, 0.15) is 5.03 Å². The number of hydrogen-bond acceptors (Lipinski definition) is 3. The standard InChI is InChI=1S/C15H18N2S/c1-3-16-10-13-7-8-15(17-11-13)18-14-6-4-5-12(2)9-14/h4-9,11,16H,3,10H2,1-2H3. The van der Waals surface area contributed by atoms with Crippen molar-refractivity contribution in [1.29, 1.82) is 0 Å². The fourth-order valence-corrected chi connectivity index (χ4v) is 2.52. The highest BCUT2D eigenvalue weighted by Gasteiger charge is 1.99. The zero-order chi connectivity index (χ0) is 12.8. The molecule has 0 atom stereocenters. The molecular formula is C15H18N2S. The Labute approximate surface area is 113 Å². The summed E-state index contributed by atoms with van der Waals surface area (Å²) in [4.78, 5) is 5.72. The molecule has 2 rings (SSSR count). The van der Waals surface area contributed by atoms with Crippen LogP contribution in [0.4, 0.5) is 0 Å². The fourth-order valence-electron chi connectivity index (χ4n) is 1.64. The molecule has 0 radical (unpaired) electrons. The summed E-state index contributed by atoms with van der Waals surface area (Å²) in [5.41, 5.74) is 2.51. The molecule has 94 valence electrons. The maximum absolute atomic E-state index is 4.48. The first kappa shape index (κ1) is 13.1. The Hall–Kier alpha value is -1.32. The van der Waals surface area contributed by atoms with Gasteiger partial charge in [-0.3, -0.25) is 0 Å². The van der Waals surface area contributed by atoms with E-state index >= 15 is 0 Å². The van der Waals surface area contributed by atoms with Crippen molar-refractivity contribution in [2.75, 3.05) is 6.54 Å². The lowest BCUT2D eigenvalue weighted by molar-refractivity contribution is 0.723. The third-order valence-electron chi connectivity index (χ3n) is 2.59. The van der Waals surface area contributed by atoms with Gasteiger partial charge >= 0.3 is 0 Å². The van der Waals surface area contributed by atoms with E-state index in [1.807, 2.05) is 6.20 Å². The summed E-state index contributed by atoms with van der Waals surface area (Å²) in [6, 6.07) is 12.7. The Bertz CT molecular complexity index is 494. The van der Waals surface area contributed by atoms with Gasteiger partial charge in [-0.2, -0.15) is 0 Å². The molecule has 1 N–H and O–H groups in total. The van der Waals surface area contributed by atoms with Crippen LogP contribution in [0.2, 0.25) is 0 Å². The second-order valence-electron chi connectivity index (χ2n) is 4.20. The van der Waals surface area contributed by atoms with E-state index in [9.17, 15) is 0 Å². The fraction of sp³-hybridized carbons (Fsp3) is 0.267. The van der Waals surface area contributed by atoms with Gasteiger partial charge in [-0.1, -0.05) is 42.4 Å². The highest BCUT2D eigenvalue weighted by Crippen LogP contribution is 2.26. The van der Waals surface area contributed by atoms with Crippen molar-refractivity contribution in [2.45, 2.75) is 30.3 Å². The monoisotopic (exact) mass is 258 g/mol. The Balaban J connectivity index is 2.02. The lowest BCUT2D eigenvalue weighted by atomic mass is 10.2. The van der Waals surface area contributed by atoms with Gasteiger partial charge in [0.25, 0.3) is 0 Å². The van der Waals surface area contributed by atoms with Gasteiger partial charge in [0.05, 0.1) is 0 Å². The Morgan fingerprint density at radius 3 is 2.78 bits per heavy atom. The van der Waals surface area contributed by atoms with Crippen molar-refractivity contribution in [2.24, 2.45) is 0 Å². The minimum absolute atomic E-state index is 0.888. The molecule has 0 saturated heterocycles. The lowest BCUT2D eigenvalue weighted by Crippen LogP contribution is -2.11. The summed E-state index contributed by atoms with van der Waals surface area (Å²) < 4.78 is 0. The minimum atomic E-state index is 0.888. The second-order valence-corrected chi connectivity index (χ2v) is 5.30. The van der Waals surface area contributed by atoms with E-state index in [0.29, 0.717) is 0 Å². The summed E-state index contributed by atoms with van der Waals surface area (Å²) >= 11 is 1.70. The molecule has 0 fully saturated rings. The van der Waals surface area contributed by atoms with E-state index in [0.717, 1.165) is 18.1 Å². The molecular weight excluding hydrogens is 240 g/mol. The van der Waals surface area contributed by atoms with Crippen molar-refractivity contribution in [1.82, 2.24) is 10.3 Å². The maximum Gasteiger partial charge on any atom is 0.101 e. The molecule has 3 heteroatoms. The molecule has 0 unspecified atom stereocenters. The second kappa shape index (κ2) is 6.57. The SMILES string of the molecule is CCNCc1ccc(Sc2cccc(C)c2)nc1. The molecule has 0 aliphatic carbocycles. The molecule has 0 saturated carbocycles. The van der Waals surface area contributed by atoms with Gasteiger partial charge in [-0.25, -0.2) is 4.98 Å². The number of hydrogen-bond donors (Lipinski definition) is 1. The van der Waals surface area contributed by atoms with E-state index in [2.05, 4.69) is 60.5 Å². The van der Waals surface area contributed by atoms with Crippen LogP contribution >= 0.6 is 11.8 Å². The van der Waals surface area contributed by atoms with Crippen LogP contribution in [-0.2, 0) is 6.54 Å². The summed E-state index contributed by atoms with van der Waals surface area (Å²) in [5, 5.41) is 4.34. The van der Waals surface area contributed by atoms with Crippen LogP contribution in [-0.4, -0.2) is 11.5 Å². The number of benzene rings is 1. The average Bonchev–Trinajstić information content (AvgIpc) is 2.38. The van der Waals surface area contributed by atoms with Gasteiger partial charge in [0, 0.05) is 17.6 Å². The Kier molecular flexibility index (Phi) is 4.79. The van der Waals surface area contributed by atoms with Gasteiger partial charge in [-0.15, -0.1) is 0 Å². The molecule has 1 heterocycles. The van der Waals surface area contributed by atoms with Crippen molar-refractivity contribution in [3.63, 3.8) is 0 Å². The third kappa shape index (κ3) is 3.86. The summed E-state index contributed by atoms with van der Waals surface area (Å²) in [5.74, 6) is 0. The highest BCUT2D eigenvalue weighted by atomic mass is 32.2. The molecule has 0 bridgehead atoms. The van der Waals surface area contributed by atoms with Crippen molar-refractivity contribution in [3.05, 3.63) is 53.7 Å². The largest absolute Gasteiger partial charge is 0.313 e. The molecule has 18 heavy (non-hydrogen) atoms. The molecule has 0 aliphatic rings. The molecule has 1 aromatic carbocycles. The summed E-state index contributed by atoms with van der Waals surface area (Å²) in [6.45, 7) is 6.09. The number of rotatable bonds is 5. The summed E-state index contributed by atoms with van der Waals surface area (Å²) in [7, 11) is 0. The topological polar surface area (TPSA) is 24.9 Å². The number of nitrogens with one attached hydrogen (secondary N) is 1. The van der Waals surface area contributed by atoms with E-state index in [1.165, 1.54) is 16.0 Å². The van der Waals surface area contributed by atoms with Crippen molar-refractivity contribution in [3.8, 4) is 0 Å². The zero-order valence-corrected chi connectivity index (χ0v) is 11.6. The van der Waals surface area contributed by atoms with E-state index in [4.69, 9.17) is 0 Å². The molecule has 1 aromatic heterocycles. The maximum atomic E-state index is 4.48. The first-order chi connectivity index (χ1) is 8.78. The third-order valence-corrected chi connectivity index (χ3v) is 3.53. The Morgan fingerprint density at radius 1 is 1.22 bits per heavy atom. The van der Waals surface area contributed by atoms with Gasteiger partial charge in [0.2, 0.25) is 0 Å². The number of nitrogens with zero attached hydrogens (tertiary/aromatic N) is 1. The lowest BCUT2D eigenvalue weighted by Gasteiger charge is -2.04. The van der Waals surface area contributed by atoms with Crippen LogP contribution in [0, 0.1) is 6.92 Å².